The second-order valence-corrected chi connectivity index (χ2v) is 7.40. The van der Waals surface area contributed by atoms with Crippen LogP contribution in [0.3, 0.4) is 0 Å². The third kappa shape index (κ3) is 5.29. The van der Waals surface area contributed by atoms with E-state index in [9.17, 15) is 26.7 Å². The van der Waals surface area contributed by atoms with Gasteiger partial charge in [-0.2, -0.15) is 8.78 Å². The Morgan fingerprint density at radius 1 is 0.879 bits per heavy atom. The van der Waals surface area contributed by atoms with Gasteiger partial charge in [0.05, 0.1) is 17.2 Å². The predicted octanol–water partition coefficient (Wildman–Crippen LogP) is 7.17. The zero-order valence-corrected chi connectivity index (χ0v) is 18.2. The molecule has 3 aromatic rings. The minimum atomic E-state index is -2.28. The van der Waals surface area contributed by atoms with E-state index in [1.54, 1.807) is 6.07 Å². The largest absolute Gasteiger partial charge is 0.496 e. The molecule has 3 rings (SSSR count). The highest BCUT2D eigenvalue weighted by Gasteiger charge is 2.27. The molecular formula is C23H13Cl2F5O3. The van der Waals surface area contributed by atoms with Gasteiger partial charge in [0.2, 0.25) is 29.1 Å². The van der Waals surface area contributed by atoms with Crippen molar-refractivity contribution in [1.29, 1.82) is 0 Å². The van der Waals surface area contributed by atoms with E-state index in [1.165, 1.54) is 49.6 Å². The molecule has 0 radical (unpaired) electrons. The quantitative estimate of drug-likeness (QED) is 0.113. The molecule has 0 saturated carbocycles. The van der Waals surface area contributed by atoms with Gasteiger partial charge in [0, 0.05) is 11.1 Å². The normalized spacial score (nSPS) is 11.2. The van der Waals surface area contributed by atoms with Crippen LogP contribution in [0, 0.1) is 29.1 Å². The molecular weight excluding hydrogens is 490 g/mol. The highest BCUT2D eigenvalue weighted by Crippen LogP contribution is 2.31. The number of hydrogen-bond donors (Lipinski definition) is 0. The van der Waals surface area contributed by atoms with Crippen molar-refractivity contribution in [3.63, 3.8) is 0 Å². The summed E-state index contributed by atoms with van der Waals surface area (Å²) in [5, 5.41) is 0.513. The summed E-state index contributed by atoms with van der Waals surface area (Å²) in [5.41, 5.74) is 0.995. The molecule has 0 fully saturated rings. The molecule has 0 N–H and O–H groups in total. The Kier molecular flexibility index (Phi) is 7.61. The Hall–Kier alpha value is -3.10. The second-order valence-electron chi connectivity index (χ2n) is 6.59. The van der Waals surface area contributed by atoms with Crippen LogP contribution >= 0.6 is 23.2 Å². The molecule has 0 bridgehead atoms. The maximum Gasteiger partial charge on any atom is 0.207 e. The van der Waals surface area contributed by atoms with E-state index in [0.717, 1.165) is 0 Å². The van der Waals surface area contributed by atoms with Gasteiger partial charge in [-0.1, -0.05) is 35.3 Å². The minimum absolute atomic E-state index is 0.216. The number of carbonyl (C=O) groups excluding carboxylic acids is 1. The van der Waals surface area contributed by atoms with E-state index in [-0.39, 0.29) is 22.1 Å². The van der Waals surface area contributed by atoms with Crippen molar-refractivity contribution in [2.24, 2.45) is 0 Å². The first-order valence-corrected chi connectivity index (χ1v) is 9.88. The molecule has 0 spiro atoms. The molecule has 0 aliphatic carbocycles. The lowest BCUT2D eigenvalue weighted by atomic mass is 10.1. The number of methoxy groups -OCH3 is 1. The van der Waals surface area contributed by atoms with Gasteiger partial charge >= 0.3 is 0 Å². The summed E-state index contributed by atoms with van der Waals surface area (Å²) in [7, 11) is 1.32. The summed E-state index contributed by atoms with van der Waals surface area (Å²) >= 11 is 11.7. The van der Waals surface area contributed by atoms with Crippen molar-refractivity contribution < 1.29 is 36.2 Å². The number of ketones is 1. The molecule has 10 heteroatoms. The molecule has 172 valence electrons. The van der Waals surface area contributed by atoms with E-state index in [2.05, 4.69) is 0 Å². The molecule has 0 atom stereocenters. The number of hydrogen-bond acceptors (Lipinski definition) is 3. The SMILES string of the molecule is COc1ccc(/C=C/C(=O)c2ccc(Cl)c(Cl)c2)cc1COc1c(F)c(F)c(F)c(F)c1F. The Bertz CT molecular complexity index is 1230. The van der Waals surface area contributed by atoms with Gasteiger partial charge in [0.15, 0.2) is 11.5 Å². The number of ether oxygens (including phenoxy) is 2. The fraction of sp³-hybridized carbons (Fsp3) is 0.0870. The Balaban J connectivity index is 1.84. The summed E-state index contributed by atoms with van der Waals surface area (Å²) in [5.74, 6) is -12.3. The van der Waals surface area contributed by atoms with Gasteiger partial charge in [-0.3, -0.25) is 4.79 Å². The Labute approximate surface area is 195 Å². The number of halogens is 7. The van der Waals surface area contributed by atoms with Gasteiger partial charge in [-0.05, 0) is 42.0 Å². The minimum Gasteiger partial charge on any atom is -0.496 e. The molecule has 0 amide bonds. The summed E-state index contributed by atoms with van der Waals surface area (Å²) in [6, 6.07) is 8.92. The van der Waals surface area contributed by atoms with Crippen LogP contribution in [0.25, 0.3) is 6.08 Å². The van der Waals surface area contributed by atoms with Crippen LogP contribution in [0.2, 0.25) is 10.0 Å². The summed E-state index contributed by atoms with van der Waals surface area (Å²) in [6.07, 6.45) is 2.71. The van der Waals surface area contributed by atoms with Crippen molar-refractivity contribution in [2.45, 2.75) is 6.61 Å². The van der Waals surface area contributed by atoms with E-state index in [0.29, 0.717) is 16.1 Å². The highest BCUT2D eigenvalue weighted by molar-refractivity contribution is 6.42. The van der Waals surface area contributed by atoms with Crippen molar-refractivity contribution in [1.82, 2.24) is 0 Å². The van der Waals surface area contributed by atoms with Crippen LogP contribution in [0.4, 0.5) is 22.0 Å². The topological polar surface area (TPSA) is 35.5 Å². The first kappa shape index (κ1) is 24.5. The summed E-state index contributed by atoms with van der Waals surface area (Å²) < 4.78 is 77.7. The molecule has 0 aromatic heterocycles. The molecule has 0 heterocycles. The lowest BCUT2D eigenvalue weighted by molar-refractivity contribution is 0.104. The summed E-state index contributed by atoms with van der Waals surface area (Å²) in [4.78, 5) is 12.3. The lowest BCUT2D eigenvalue weighted by Crippen LogP contribution is -2.07. The molecule has 33 heavy (non-hydrogen) atoms. The molecule has 0 saturated heterocycles. The third-order valence-electron chi connectivity index (χ3n) is 4.48. The molecule has 0 unspecified atom stereocenters. The van der Waals surface area contributed by atoms with Gasteiger partial charge < -0.3 is 9.47 Å². The van der Waals surface area contributed by atoms with E-state index >= 15 is 0 Å². The van der Waals surface area contributed by atoms with Gasteiger partial charge in [0.1, 0.15) is 12.4 Å². The van der Waals surface area contributed by atoms with E-state index in [1.807, 2.05) is 0 Å². The van der Waals surface area contributed by atoms with Gasteiger partial charge in [-0.15, -0.1) is 0 Å². The van der Waals surface area contributed by atoms with Crippen LogP contribution in [0.1, 0.15) is 21.5 Å². The fourth-order valence-electron chi connectivity index (χ4n) is 2.79. The Morgan fingerprint density at radius 2 is 1.52 bits per heavy atom. The maximum absolute atomic E-state index is 13.8. The first-order valence-electron chi connectivity index (χ1n) is 9.12. The van der Waals surface area contributed by atoms with Crippen molar-refractivity contribution >= 4 is 35.1 Å². The molecule has 0 aliphatic rings. The zero-order valence-electron chi connectivity index (χ0n) is 16.7. The molecule has 3 nitrogen and oxygen atoms in total. The van der Waals surface area contributed by atoms with Gasteiger partial charge in [0.25, 0.3) is 0 Å². The number of allylic oxidation sites excluding steroid dienone is 1. The van der Waals surface area contributed by atoms with E-state index in [4.69, 9.17) is 32.7 Å². The number of benzene rings is 3. The van der Waals surface area contributed by atoms with Crippen molar-refractivity contribution in [3.8, 4) is 11.5 Å². The fourth-order valence-corrected chi connectivity index (χ4v) is 3.09. The highest BCUT2D eigenvalue weighted by atomic mass is 35.5. The predicted molar refractivity (Wildman–Crippen MR) is 113 cm³/mol. The van der Waals surface area contributed by atoms with Crippen LogP contribution in [0.5, 0.6) is 11.5 Å². The zero-order chi connectivity index (χ0) is 24.3. The smallest absolute Gasteiger partial charge is 0.207 e. The van der Waals surface area contributed by atoms with Crippen LogP contribution in [-0.4, -0.2) is 12.9 Å². The first-order chi connectivity index (χ1) is 15.6. The monoisotopic (exact) mass is 502 g/mol. The van der Waals surface area contributed by atoms with Crippen molar-refractivity contribution in [3.05, 3.63) is 98.3 Å². The number of rotatable bonds is 7. The molecule has 3 aromatic carbocycles. The van der Waals surface area contributed by atoms with Crippen LogP contribution in [0.15, 0.2) is 42.5 Å². The lowest BCUT2D eigenvalue weighted by Gasteiger charge is -2.13. The third-order valence-corrected chi connectivity index (χ3v) is 5.22. The van der Waals surface area contributed by atoms with Gasteiger partial charge in [-0.25, -0.2) is 13.2 Å². The van der Waals surface area contributed by atoms with Crippen molar-refractivity contribution in [2.75, 3.05) is 7.11 Å². The summed E-state index contributed by atoms with van der Waals surface area (Å²) in [6.45, 7) is -0.579. The average Bonchev–Trinajstić information content (AvgIpc) is 2.81. The molecule has 0 aliphatic heterocycles. The average molecular weight is 503 g/mol. The standard InChI is InChI=1S/C23H13Cl2F5O3/c1-32-17-7-3-11(2-6-16(31)12-4-5-14(24)15(25)9-12)8-13(17)10-33-23-21(29)19(27)18(26)20(28)22(23)30/h2-9H,10H2,1H3/b6-2+. The maximum atomic E-state index is 13.8. The van der Waals surface area contributed by atoms with Crippen LogP contribution < -0.4 is 9.47 Å². The second kappa shape index (κ2) is 10.2. The number of carbonyl (C=O) groups is 1. The Morgan fingerprint density at radius 3 is 2.12 bits per heavy atom. The van der Waals surface area contributed by atoms with Crippen LogP contribution in [-0.2, 0) is 6.61 Å². The van der Waals surface area contributed by atoms with E-state index < -0.39 is 41.4 Å².